The zero-order valence-electron chi connectivity index (χ0n) is 10.6. The first kappa shape index (κ1) is 11.7. The number of carbonyl (C=O) groups excluding carboxylic acids is 1. The molecule has 0 saturated heterocycles. The van der Waals surface area contributed by atoms with Crippen molar-refractivity contribution in [2.75, 3.05) is 5.32 Å². The van der Waals surface area contributed by atoms with E-state index in [9.17, 15) is 4.79 Å². The third-order valence-corrected chi connectivity index (χ3v) is 4.57. The van der Waals surface area contributed by atoms with E-state index in [4.69, 9.17) is 5.73 Å². The van der Waals surface area contributed by atoms with Gasteiger partial charge in [-0.1, -0.05) is 24.6 Å². The first-order valence-corrected chi connectivity index (χ1v) is 6.86. The molecule has 18 heavy (non-hydrogen) atoms. The molecule has 2 aliphatic rings. The quantitative estimate of drug-likeness (QED) is 0.858. The van der Waals surface area contributed by atoms with E-state index >= 15 is 0 Å². The zero-order valence-corrected chi connectivity index (χ0v) is 10.6. The van der Waals surface area contributed by atoms with E-state index < -0.39 is 0 Å². The summed E-state index contributed by atoms with van der Waals surface area (Å²) in [6, 6.07) is 7.80. The molecule has 2 bridgehead atoms. The summed E-state index contributed by atoms with van der Waals surface area (Å²) in [6.07, 6.45) is 4.91. The van der Waals surface area contributed by atoms with Gasteiger partial charge in [-0.2, -0.15) is 0 Å². The normalized spacial score (nSPS) is 29.5. The lowest BCUT2D eigenvalue weighted by Gasteiger charge is -2.21. The number of benzene rings is 1. The Labute approximate surface area is 108 Å². The molecule has 3 atom stereocenters. The molecule has 2 aliphatic carbocycles. The fourth-order valence-electron chi connectivity index (χ4n) is 3.61. The maximum Gasteiger partial charge on any atom is 0.227 e. The molecule has 2 saturated carbocycles. The van der Waals surface area contributed by atoms with E-state index in [0.717, 1.165) is 23.6 Å². The van der Waals surface area contributed by atoms with E-state index in [0.29, 0.717) is 12.5 Å². The molecule has 2 fully saturated rings. The van der Waals surface area contributed by atoms with E-state index in [1.54, 1.807) is 0 Å². The molecule has 3 nitrogen and oxygen atoms in total. The number of hydrogen-bond acceptors (Lipinski definition) is 2. The van der Waals surface area contributed by atoms with Gasteiger partial charge in [-0.05, 0) is 42.7 Å². The summed E-state index contributed by atoms with van der Waals surface area (Å²) in [5.41, 5.74) is 7.58. The fourth-order valence-corrected chi connectivity index (χ4v) is 3.61. The van der Waals surface area contributed by atoms with Crippen LogP contribution < -0.4 is 11.1 Å². The summed E-state index contributed by atoms with van der Waals surface area (Å²) in [7, 11) is 0. The highest BCUT2D eigenvalue weighted by atomic mass is 16.1. The van der Waals surface area contributed by atoms with Crippen LogP contribution in [-0.2, 0) is 11.3 Å². The number of carbonyl (C=O) groups is 1. The zero-order chi connectivity index (χ0) is 12.5. The maximum absolute atomic E-state index is 12.3. The van der Waals surface area contributed by atoms with Crippen LogP contribution in [0.3, 0.4) is 0 Å². The minimum absolute atomic E-state index is 0.197. The van der Waals surface area contributed by atoms with Crippen molar-refractivity contribution in [2.45, 2.75) is 32.2 Å². The van der Waals surface area contributed by atoms with Crippen molar-refractivity contribution in [2.24, 2.45) is 23.5 Å². The second-order valence-electron chi connectivity index (χ2n) is 5.63. The second kappa shape index (κ2) is 4.73. The molecule has 3 unspecified atom stereocenters. The maximum atomic E-state index is 12.3. The van der Waals surface area contributed by atoms with E-state index in [-0.39, 0.29) is 11.8 Å². The number of nitrogens with two attached hydrogens (primary N) is 1. The van der Waals surface area contributed by atoms with Crippen molar-refractivity contribution >= 4 is 11.6 Å². The van der Waals surface area contributed by atoms with Crippen LogP contribution in [0.15, 0.2) is 24.3 Å². The third kappa shape index (κ3) is 2.03. The van der Waals surface area contributed by atoms with Gasteiger partial charge in [-0.15, -0.1) is 0 Å². The van der Waals surface area contributed by atoms with E-state index in [1.165, 1.54) is 19.3 Å². The van der Waals surface area contributed by atoms with Gasteiger partial charge in [-0.3, -0.25) is 4.79 Å². The Hall–Kier alpha value is -1.35. The van der Waals surface area contributed by atoms with Crippen molar-refractivity contribution in [3.63, 3.8) is 0 Å². The largest absolute Gasteiger partial charge is 0.326 e. The number of amides is 1. The minimum Gasteiger partial charge on any atom is -0.326 e. The molecule has 1 aromatic rings. The number of hydrogen-bond donors (Lipinski definition) is 2. The Balaban J connectivity index is 1.71. The van der Waals surface area contributed by atoms with E-state index in [2.05, 4.69) is 5.32 Å². The van der Waals surface area contributed by atoms with Crippen LogP contribution in [0.1, 0.15) is 31.2 Å². The third-order valence-electron chi connectivity index (χ3n) is 4.57. The number of nitrogens with one attached hydrogen (secondary N) is 1. The predicted octanol–water partition coefficient (Wildman–Crippen LogP) is 2.52. The Morgan fingerprint density at radius 1 is 1.28 bits per heavy atom. The van der Waals surface area contributed by atoms with Crippen LogP contribution in [0, 0.1) is 17.8 Å². The fraction of sp³-hybridized carbons (Fsp3) is 0.533. The molecule has 0 aliphatic heterocycles. The molecular formula is C15H20N2O. The summed E-state index contributed by atoms with van der Waals surface area (Å²) in [5, 5.41) is 3.07. The molecule has 0 heterocycles. The Bertz CT molecular complexity index is 458. The van der Waals surface area contributed by atoms with Gasteiger partial charge in [0.15, 0.2) is 0 Å². The topological polar surface area (TPSA) is 55.1 Å². The number of rotatable bonds is 3. The molecule has 0 aromatic heterocycles. The molecule has 0 spiro atoms. The van der Waals surface area contributed by atoms with Crippen molar-refractivity contribution in [1.29, 1.82) is 0 Å². The van der Waals surface area contributed by atoms with Gasteiger partial charge in [0.25, 0.3) is 0 Å². The minimum atomic E-state index is 0.197. The average Bonchev–Trinajstić information content (AvgIpc) is 3.01. The van der Waals surface area contributed by atoms with Crippen LogP contribution in [-0.4, -0.2) is 5.91 Å². The monoisotopic (exact) mass is 244 g/mol. The van der Waals surface area contributed by atoms with Crippen molar-refractivity contribution < 1.29 is 4.79 Å². The molecular weight excluding hydrogens is 224 g/mol. The average molecular weight is 244 g/mol. The van der Waals surface area contributed by atoms with Crippen LogP contribution in [0.25, 0.3) is 0 Å². The van der Waals surface area contributed by atoms with Gasteiger partial charge >= 0.3 is 0 Å². The molecule has 3 heteroatoms. The van der Waals surface area contributed by atoms with Crippen LogP contribution in [0.2, 0.25) is 0 Å². The lowest BCUT2D eigenvalue weighted by Crippen LogP contribution is -2.27. The lowest BCUT2D eigenvalue weighted by atomic mass is 9.88. The van der Waals surface area contributed by atoms with Gasteiger partial charge in [0.1, 0.15) is 0 Å². The lowest BCUT2D eigenvalue weighted by molar-refractivity contribution is -0.121. The smallest absolute Gasteiger partial charge is 0.227 e. The summed E-state index contributed by atoms with van der Waals surface area (Å²) >= 11 is 0. The van der Waals surface area contributed by atoms with Gasteiger partial charge in [0.2, 0.25) is 5.91 Å². The number of anilines is 1. The molecule has 1 aromatic carbocycles. The Morgan fingerprint density at radius 3 is 2.78 bits per heavy atom. The second-order valence-corrected chi connectivity index (χ2v) is 5.63. The highest BCUT2D eigenvalue weighted by molar-refractivity contribution is 5.93. The van der Waals surface area contributed by atoms with Crippen LogP contribution >= 0.6 is 0 Å². The van der Waals surface area contributed by atoms with Crippen LogP contribution in [0.4, 0.5) is 5.69 Å². The van der Waals surface area contributed by atoms with Crippen molar-refractivity contribution in [3.8, 4) is 0 Å². The standard InChI is InChI=1S/C15H20N2O/c16-9-12-3-1-2-4-14(12)17-15(18)13-8-10-5-6-11(13)7-10/h1-4,10-11,13H,5-9,16H2,(H,17,18). The first-order chi connectivity index (χ1) is 8.78. The summed E-state index contributed by atoms with van der Waals surface area (Å²) < 4.78 is 0. The molecule has 0 radical (unpaired) electrons. The molecule has 3 rings (SSSR count). The summed E-state index contributed by atoms with van der Waals surface area (Å²) in [5.74, 6) is 1.85. The number of para-hydroxylation sites is 1. The van der Waals surface area contributed by atoms with Gasteiger partial charge in [-0.25, -0.2) is 0 Å². The molecule has 1 amide bonds. The summed E-state index contributed by atoms with van der Waals surface area (Å²) in [6.45, 7) is 0.465. The predicted molar refractivity (Wildman–Crippen MR) is 71.9 cm³/mol. The highest BCUT2D eigenvalue weighted by Crippen LogP contribution is 2.48. The van der Waals surface area contributed by atoms with Crippen molar-refractivity contribution in [1.82, 2.24) is 0 Å². The number of fused-ring (bicyclic) bond motifs is 2. The highest BCUT2D eigenvalue weighted by Gasteiger charge is 2.43. The van der Waals surface area contributed by atoms with Gasteiger partial charge < -0.3 is 11.1 Å². The molecule has 96 valence electrons. The van der Waals surface area contributed by atoms with Crippen LogP contribution in [0.5, 0.6) is 0 Å². The SMILES string of the molecule is NCc1ccccc1NC(=O)C1CC2CCC1C2. The van der Waals surface area contributed by atoms with Crippen molar-refractivity contribution in [3.05, 3.63) is 29.8 Å². The summed E-state index contributed by atoms with van der Waals surface area (Å²) in [4.78, 5) is 12.3. The Kier molecular flexibility index (Phi) is 3.08. The Morgan fingerprint density at radius 2 is 2.11 bits per heavy atom. The van der Waals surface area contributed by atoms with Gasteiger partial charge in [0, 0.05) is 18.2 Å². The van der Waals surface area contributed by atoms with Gasteiger partial charge in [0.05, 0.1) is 0 Å². The first-order valence-electron chi connectivity index (χ1n) is 6.86. The molecule has 3 N–H and O–H groups in total. The van der Waals surface area contributed by atoms with E-state index in [1.807, 2.05) is 24.3 Å².